The lowest BCUT2D eigenvalue weighted by Crippen LogP contribution is -1.97. The SMILES string of the molecule is NCc1ccc(-c2ccccc2)c2ccccc12. The van der Waals surface area contributed by atoms with Gasteiger partial charge in [-0.2, -0.15) is 0 Å². The maximum Gasteiger partial charge on any atom is 0.0184 e. The lowest BCUT2D eigenvalue weighted by molar-refractivity contribution is 1.09. The first-order valence-corrected chi connectivity index (χ1v) is 6.16. The van der Waals surface area contributed by atoms with Crippen molar-refractivity contribution in [1.82, 2.24) is 0 Å². The Kier molecular flexibility index (Phi) is 2.83. The van der Waals surface area contributed by atoms with Crippen molar-refractivity contribution in [2.24, 2.45) is 5.73 Å². The van der Waals surface area contributed by atoms with Crippen molar-refractivity contribution < 1.29 is 0 Å². The van der Waals surface area contributed by atoms with Crippen molar-refractivity contribution in [3.63, 3.8) is 0 Å². The summed E-state index contributed by atoms with van der Waals surface area (Å²) in [4.78, 5) is 0. The summed E-state index contributed by atoms with van der Waals surface area (Å²) >= 11 is 0. The summed E-state index contributed by atoms with van der Waals surface area (Å²) in [5, 5.41) is 2.52. The first-order valence-electron chi connectivity index (χ1n) is 6.16. The molecule has 1 nitrogen and oxygen atoms in total. The van der Waals surface area contributed by atoms with Crippen LogP contribution in [0.15, 0.2) is 66.7 Å². The lowest BCUT2D eigenvalue weighted by atomic mass is 9.95. The topological polar surface area (TPSA) is 26.0 Å². The van der Waals surface area contributed by atoms with Crippen LogP contribution < -0.4 is 5.73 Å². The minimum absolute atomic E-state index is 0.579. The second-order valence-electron chi connectivity index (χ2n) is 4.39. The summed E-state index contributed by atoms with van der Waals surface area (Å²) in [6, 6.07) is 23.2. The zero-order valence-corrected chi connectivity index (χ0v) is 10.1. The number of hydrogen-bond acceptors (Lipinski definition) is 1. The Morgan fingerprint density at radius 3 is 2.06 bits per heavy atom. The summed E-state index contributed by atoms with van der Waals surface area (Å²) in [6.07, 6.45) is 0. The average Bonchev–Trinajstić information content (AvgIpc) is 2.47. The Morgan fingerprint density at radius 2 is 1.33 bits per heavy atom. The molecule has 0 saturated carbocycles. The molecule has 0 aliphatic carbocycles. The van der Waals surface area contributed by atoms with Crippen LogP contribution in [0.1, 0.15) is 5.56 Å². The van der Waals surface area contributed by atoms with E-state index in [1.807, 2.05) is 6.07 Å². The molecule has 0 aromatic heterocycles. The number of rotatable bonds is 2. The normalized spacial score (nSPS) is 10.7. The predicted molar refractivity (Wildman–Crippen MR) is 77.3 cm³/mol. The molecule has 0 saturated heterocycles. The van der Waals surface area contributed by atoms with E-state index in [1.54, 1.807) is 0 Å². The van der Waals surface area contributed by atoms with Gasteiger partial charge in [0.05, 0.1) is 0 Å². The van der Waals surface area contributed by atoms with Crippen LogP contribution in [0.2, 0.25) is 0 Å². The Hall–Kier alpha value is -2.12. The molecule has 0 unspecified atom stereocenters. The summed E-state index contributed by atoms with van der Waals surface area (Å²) in [7, 11) is 0. The van der Waals surface area contributed by atoms with Crippen LogP contribution in [0.4, 0.5) is 0 Å². The zero-order valence-electron chi connectivity index (χ0n) is 10.1. The minimum atomic E-state index is 0.579. The fraction of sp³-hybridized carbons (Fsp3) is 0.0588. The molecule has 0 bridgehead atoms. The summed E-state index contributed by atoms with van der Waals surface area (Å²) in [5.41, 5.74) is 9.52. The van der Waals surface area contributed by atoms with Gasteiger partial charge in [0.2, 0.25) is 0 Å². The van der Waals surface area contributed by atoms with Crippen LogP contribution in [0.25, 0.3) is 21.9 Å². The van der Waals surface area contributed by atoms with Gasteiger partial charge in [-0.25, -0.2) is 0 Å². The second-order valence-corrected chi connectivity index (χ2v) is 4.39. The summed E-state index contributed by atoms with van der Waals surface area (Å²) in [5.74, 6) is 0. The fourth-order valence-electron chi connectivity index (χ4n) is 2.41. The zero-order chi connectivity index (χ0) is 12.4. The molecule has 0 amide bonds. The fourth-order valence-corrected chi connectivity index (χ4v) is 2.41. The van der Waals surface area contributed by atoms with Gasteiger partial charge in [0.25, 0.3) is 0 Å². The van der Waals surface area contributed by atoms with Crippen molar-refractivity contribution in [1.29, 1.82) is 0 Å². The first-order chi connectivity index (χ1) is 8.90. The van der Waals surface area contributed by atoms with Gasteiger partial charge in [-0.3, -0.25) is 0 Å². The van der Waals surface area contributed by atoms with E-state index in [4.69, 9.17) is 5.73 Å². The molecule has 3 rings (SSSR count). The molecule has 0 aliphatic heterocycles. The number of nitrogens with two attached hydrogens (primary N) is 1. The maximum atomic E-state index is 5.80. The van der Waals surface area contributed by atoms with Gasteiger partial charge in [0, 0.05) is 6.54 Å². The summed E-state index contributed by atoms with van der Waals surface area (Å²) < 4.78 is 0. The second kappa shape index (κ2) is 4.63. The van der Waals surface area contributed by atoms with Gasteiger partial charge in [-0.1, -0.05) is 66.7 Å². The molecule has 3 aromatic carbocycles. The highest BCUT2D eigenvalue weighted by Gasteiger charge is 2.05. The lowest BCUT2D eigenvalue weighted by Gasteiger charge is -2.10. The Labute approximate surface area is 107 Å². The molecule has 0 radical (unpaired) electrons. The van der Waals surface area contributed by atoms with E-state index in [-0.39, 0.29) is 0 Å². The van der Waals surface area contributed by atoms with E-state index in [9.17, 15) is 0 Å². The largest absolute Gasteiger partial charge is 0.326 e. The van der Waals surface area contributed by atoms with Gasteiger partial charge in [0.15, 0.2) is 0 Å². The highest BCUT2D eigenvalue weighted by Crippen LogP contribution is 2.30. The third kappa shape index (κ3) is 1.79. The molecule has 0 heterocycles. The van der Waals surface area contributed by atoms with E-state index in [0.29, 0.717) is 6.54 Å². The van der Waals surface area contributed by atoms with Crippen LogP contribution in [-0.2, 0) is 6.54 Å². The summed E-state index contributed by atoms with van der Waals surface area (Å²) in [6.45, 7) is 0.579. The van der Waals surface area contributed by atoms with Gasteiger partial charge >= 0.3 is 0 Å². The van der Waals surface area contributed by atoms with Crippen molar-refractivity contribution >= 4 is 10.8 Å². The van der Waals surface area contributed by atoms with Crippen molar-refractivity contribution in [2.75, 3.05) is 0 Å². The molecule has 1 heteroatoms. The molecule has 0 aliphatic rings. The van der Waals surface area contributed by atoms with E-state index < -0.39 is 0 Å². The Morgan fingerprint density at radius 1 is 0.667 bits per heavy atom. The smallest absolute Gasteiger partial charge is 0.0184 e. The monoisotopic (exact) mass is 233 g/mol. The van der Waals surface area contributed by atoms with Crippen LogP contribution in [-0.4, -0.2) is 0 Å². The van der Waals surface area contributed by atoms with Gasteiger partial charge in [-0.15, -0.1) is 0 Å². The average molecular weight is 233 g/mol. The van der Waals surface area contributed by atoms with Crippen LogP contribution in [0, 0.1) is 0 Å². The first kappa shape index (κ1) is 11.0. The highest BCUT2D eigenvalue weighted by atomic mass is 14.5. The third-order valence-electron chi connectivity index (χ3n) is 3.32. The molecule has 3 aromatic rings. The van der Waals surface area contributed by atoms with Crippen LogP contribution >= 0.6 is 0 Å². The molecule has 0 fully saturated rings. The third-order valence-corrected chi connectivity index (χ3v) is 3.32. The molecule has 0 atom stereocenters. The Balaban J connectivity index is 2.32. The van der Waals surface area contributed by atoms with Gasteiger partial charge in [-0.05, 0) is 27.5 Å². The van der Waals surface area contributed by atoms with Crippen LogP contribution in [0.5, 0.6) is 0 Å². The van der Waals surface area contributed by atoms with Crippen LogP contribution in [0.3, 0.4) is 0 Å². The molecule has 88 valence electrons. The van der Waals surface area contributed by atoms with Crippen molar-refractivity contribution in [3.05, 3.63) is 72.3 Å². The number of fused-ring (bicyclic) bond motifs is 1. The standard InChI is InChI=1S/C17H15N/c18-12-14-10-11-16(13-6-2-1-3-7-13)17-9-5-4-8-15(14)17/h1-11H,12,18H2. The number of hydrogen-bond donors (Lipinski definition) is 1. The highest BCUT2D eigenvalue weighted by molar-refractivity contribution is 5.98. The van der Waals surface area contributed by atoms with Crippen molar-refractivity contribution in [2.45, 2.75) is 6.54 Å². The molecule has 18 heavy (non-hydrogen) atoms. The molecule has 2 N–H and O–H groups in total. The quantitative estimate of drug-likeness (QED) is 0.712. The van der Waals surface area contributed by atoms with E-state index in [2.05, 4.69) is 60.7 Å². The molecular formula is C17H15N. The molecular weight excluding hydrogens is 218 g/mol. The van der Waals surface area contributed by atoms with E-state index in [1.165, 1.54) is 27.5 Å². The Bertz CT molecular complexity index is 672. The van der Waals surface area contributed by atoms with Gasteiger partial charge < -0.3 is 5.73 Å². The van der Waals surface area contributed by atoms with Crippen molar-refractivity contribution in [3.8, 4) is 11.1 Å². The maximum absolute atomic E-state index is 5.80. The van der Waals surface area contributed by atoms with Gasteiger partial charge in [0.1, 0.15) is 0 Å². The number of benzene rings is 3. The molecule has 0 spiro atoms. The predicted octanol–water partition coefficient (Wildman–Crippen LogP) is 3.97. The van der Waals surface area contributed by atoms with E-state index >= 15 is 0 Å². The minimum Gasteiger partial charge on any atom is -0.326 e. The van der Waals surface area contributed by atoms with E-state index in [0.717, 1.165) is 0 Å².